The average Bonchev–Trinajstić information content (AvgIpc) is 2.90. The Morgan fingerprint density at radius 3 is 2.54 bits per heavy atom. The normalized spacial score (nSPS) is 18.4. The lowest BCUT2D eigenvalue weighted by atomic mass is 10.1. The molecule has 1 aromatic rings. The molecule has 6 heteroatoms. The molecule has 1 fully saturated rings. The molecule has 0 aliphatic carbocycles. The zero-order valence-electron chi connectivity index (χ0n) is 14.5. The first kappa shape index (κ1) is 18.0. The van der Waals surface area contributed by atoms with Gasteiger partial charge in [-0.1, -0.05) is 13.3 Å². The zero-order chi connectivity index (χ0) is 17.7. The third-order valence-electron chi connectivity index (χ3n) is 4.11. The zero-order valence-corrected chi connectivity index (χ0v) is 14.5. The molecule has 0 unspecified atom stereocenters. The highest BCUT2D eigenvalue weighted by Crippen LogP contribution is 2.26. The van der Waals surface area contributed by atoms with Crippen LogP contribution in [0.2, 0.25) is 0 Å². The lowest BCUT2D eigenvalue weighted by Crippen LogP contribution is -2.38. The van der Waals surface area contributed by atoms with Crippen molar-refractivity contribution in [1.29, 1.82) is 0 Å². The van der Waals surface area contributed by atoms with Gasteiger partial charge >= 0.3 is 0 Å². The van der Waals surface area contributed by atoms with Crippen LogP contribution >= 0.6 is 0 Å². The van der Waals surface area contributed by atoms with E-state index in [1.165, 1.54) is 6.92 Å². The second kappa shape index (κ2) is 7.95. The Bertz CT molecular complexity index is 612. The maximum atomic E-state index is 12.3. The smallest absolute Gasteiger partial charge is 0.227 e. The van der Waals surface area contributed by atoms with Crippen molar-refractivity contribution < 1.29 is 14.4 Å². The molecular weight excluding hydrogens is 306 g/mol. The number of benzene rings is 1. The predicted octanol–water partition coefficient (Wildman–Crippen LogP) is 2.30. The number of hydrogen-bond donors (Lipinski definition) is 2. The summed E-state index contributed by atoms with van der Waals surface area (Å²) in [5.41, 5.74) is 1.42. The Balaban J connectivity index is 1.99. The van der Waals surface area contributed by atoms with Gasteiger partial charge in [-0.15, -0.1) is 0 Å². The van der Waals surface area contributed by atoms with Crippen LogP contribution in [-0.2, 0) is 14.4 Å². The molecule has 6 nitrogen and oxygen atoms in total. The summed E-state index contributed by atoms with van der Waals surface area (Å²) in [5.74, 6) is -0.558. The topological polar surface area (TPSA) is 78.5 Å². The van der Waals surface area contributed by atoms with Gasteiger partial charge in [0.1, 0.15) is 0 Å². The van der Waals surface area contributed by atoms with Gasteiger partial charge in [0.05, 0.1) is 5.92 Å². The molecule has 1 aliphatic heterocycles. The predicted molar refractivity (Wildman–Crippen MR) is 93.7 cm³/mol. The highest BCUT2D eigenvalue weighted by Gasteiger charge is 2.35. The average molecular weight is 331 g/mol. The number of hydrogen-bond acceptors (Lipinski definition) is 3. The maximum Gasteiger partial charge on any atom is 0.227 e. The second-order valence-corrected chi connectivity index (χ2v) is 6.33. The first-order chi connectivity index (χ1) is 11.4. The first-order valence-corrected chi connectivity index (χ1v) is 8.39. The van der Waals surface area contributed by atoms with Crippen LogP contribution in [0.4, 0.5) is 11.4 Å². The Morgan fingerprint density at radius 2 is 1.96 bits per heavy atom. The van der Waals surface area contributed by atoms with E-state index in [-0.39, 0.29) is 36.1 Å². The molecule has 0 aromatic heterocycles. The summed E-state index contributed by atoms with van der Waals surface area (Å²) < 4.78 is 0. The summed E-state index contributed by atoms with van der Waals surface area (Å²) in [7, 11) is 0. The van der Waals surface area contributed by atoms with Gasteiger partial charge in [-0.2, -0.15) is 0 Å². The molecule has 1 aromatic carbocycles. The van der Waals surface area contributed by atoms with Crippen molar-refractivity contribution in [3.8, 4) is 0 Å². The van der Waals surface area contributed by atoms with Crippen molar-refractivity contribution in [1.82, 2.24) is 5.32 Å². The van der Waals surface area contributed by atoms with Crippen LogP contribution in [0.15, 0.2) is 24.3 Å². The summed E-state index contributed by atoms with van der Waals surface area (Å²) in [6, 6.07) is 7.19. The van der Waals surface area contributed by atoms with Crippen molar-refractivity contribution in [3.05, 3.63) is 24.3 Å². The van der Waals surface area contributed by atoms with Crippen LogP contribution in [0.1, 0.15) is 40.0 Å². The van der Waals surface area contributed by atoms with Gasteiger partial charge in [0, 0.05) is 37.3 Å². The number of carbonyl (C=O) groups excluding carboxylic acids is 3. The lowest BCUT2D eigenvalue weighted by molar-refractivity contribution is -0.126. The molecule has 3 amide bonds. The fourth-order valence-corrected chi connectivity index (χ4v) is 2.93. The van der Waals surface area contributed by atoms with Crippen LogP contribution in [0.3, 0.4) is 0 Å². The van der Waals surface area contributed by atoms with Crippen molar-refractivity contribution >= 4 is 29.1 Å². The van der Waals surface area contributed by atoms with Gasteiger partial charge < -0.3 is 15.5 Å². The van der Waals surface area contributed by atoms with E-state index in [0.29, 0.717) is 12.2 Å². The van der Waals surface area contributed by atoms with Crippen LogP contribution < -0.4 is 15.5 Å². The Kier molecular flexibility index (Phi) is 5.95. The van der Waals surface area contributed by atoms with Crippen LogP contribution in [0.5, 0.6) is 0 Å². The van der Waals surface area contributed by atoms with E-state index in [9.17, 15) is 14.4 Å². The van der Waals surface area contributed by atoms with E-state index in [4.69, 9.17) is 0 Å². The summed E-state index contributed by atoms with van der Waals surface area (Å²) in [6.45, 7) is 5.90. The van der Waals surface area contributed by atoms with Crippen molar-refractivity contribution in [2.75, 3.05) is 16.8 Å². The quantitative estimate of drug-likeness (QED) is 0.839. The highest BCUT2D eigenvalue weighted by molar-refractivity contribution is 6.00. The highest BCUT2D eigenvalue weighted by atomic mass is 16.2. The molecule has 24 heavy (non-hydrogen) atoms. The maximum absolute atomic E-state index is 12.3. The molecule has 2 atom stereocenters. The number of nitrogens with zero attached hydrogens (tertiary/aromatic N) is 1. The number of nitrogens with one attached hydrogen (secondary N) is 2. The van der Waals surface area contributed by atoms with Gasteiger partial charge in [0.2, 0.25) is 17.7 Å². The van der Waals surface area contributed by atoms with Crippen LogP contribution in [-0.4, -0.2) is 30.3 Å². The molecule has 0 bridgehead atoms. The summed E-state index contributed by atoms with van der Waals surface area (Å²) in [5, 5.41) is 5.67. The Morgan fingerprint density at radius 1 is 1.29 bits per heavy atom. The van der Waals surface area contributed by atoms with Crippen LogP contribution in [0, 0.1) is 5.92 Å². The van der Waals surface area contributed by atoms with Gasteiger partial charge in [-0.05, 0) is 37.6 Å². The van der Waals surface area contributed by atoms with E-state index in [1.807, 2.05) is 6.92 Å². The standard InChI is InChI=1S/C18H25N3O3/c1-4-5-12(2)19-18(24)14-10-17(23)21(11-14)16-8-6-15(7-9-16)20-13(3)22/h6-9,12,14H,4-5,10-11H2,1-3H3,(H,19,24)(H,20,22)/t12-,14-/m0/s1. The third-order valence-corrected chi connectivity index (χ3v) is 4.11. The van der Waals surface area contributed by atoms with Crippen LogP contribution in [0.25, 0.3) is 0 Å². The van der Waals surface area contributed by atoms with Crippen molar-refractivity contribution in [2.45, 2.75) is 46.1 Å². The molecule has 2 rings (SSSR count). The molecule has 1 heterocycles. The minimum atomic E-state index is -0.313. The molecule has 130 valence electrons. The van der Waals surface area contributed by atoms with E-state index < -0.39 is 0 Å². The fraction of sp³-hybridized carbons (Fsp3) is 0.500. The van der Waals surface area contributed by atoms with Crippen molar-refractivity contribution in [2.24, 2.45) is 5.92 Å². The minimum absolute atomic E-state index is 0.0504. The number of amides is 3. The number of anilines is 2. The number of rotatable bonds is 6. The SMILES string of the molecule is CCC[C@H](C)NC(=O)[C@H]1CC(=O)N(c2ccc(NC(C)=O)cc2)C1. The Labute approximate surface area is 142 Å². The summed E-state index contributed by atoms with van der Waals surface area (Å²) in [6.07, 6.45) is 2.18. The molecule has 1 saturated heterocycles. The summed E-state index contributed by atoms with van der Waals surface area (Å²) >= 11 is 0. The van der Waals surface area contributed by atoms with Gasteiger partial charge in [0.15, 0.2) is 0 Å². The van der Waals surface area contributed by atoms with Gasteiger partial charge in [-0.25, -0.2) is 0 Å². The molecule has 0 spiro atoms. The van der Waals surface area contributed by atoms with E-state index >= 15 is 0 Å². The van der Waals surface area contributed by atoms with E-state index in [0.717, 1.165) is 18.5 Å². The fourth-order valence-electron chi connectivity index (χ4n) is 2.93. The molecule has 2 N–H and O–H groups in total. The van der Waals surface area contributed by atoms with E-state index in [2.05, 4.69) is 17.6 Å². The molecule has 1 aliphatic rings. The van der Waals surface area contributed by atoms with Crippen molar-refractivity contribution in [3.63, 3.8) is 0 Å². The first-order valence-electron chi connectivity index (χ1n) is 8.39. The Hall–Kier alpha value is -2.37. The number of carbonyl (C=O) groups is 3. The largest absolute Gasteiger partial charge is 0.353 e. The lowest BCUT2D eigenvalue weighted by Gasteiger charge is -2.18. The minimum Gasteiger partial charge on any atom is -0.353 e. The van der Waals surface area contributed by atoms with Gasteiger partial charge in [-0.3, -0.25) is 14.4 Å². The van der Waals surface area contributed by atoms with E-state index in [1.54, 1.807) is 29.2 Å². The monoisotopic (exact) mass is 331 g/mol. The van der Waals surface area contributed by atoms with Gasteiger partial charge in [0.25, 0.3) is 0 Å². The third kappa shape index (κ3) is 4.57. The molecular formula is C18H25N3O3. The second-order valence-electron chi connectivity index (χ2n) is 6.33. The molecule has 0 radical (unpaired) electrons. The molecule has 0 saturated carbocycles. The summed E-state index contributed by atoms with van der Waals surface area (Å²) in [4.78, 5) is 37.2.